The van der Waals surface area contributed by atoms with Crippen molar-refractivity contribution in [2.75, 3.05) is 12.0 Å². The van der Waals surface area contributed by atoms with Gasteiger partial charge in [-0.3, -0.25) is 0 Å². The lowest BCUT2D eigenvalue weighted by atomic mass is 10.1. The molecule has 0 unspecified atom stereocenters. The average molecular weight is 483 g/mol. The number of nitrogens with one attached hydrogen (secondary N) is 1. The van der Waals surface area contributed by atoms with E-state index in [-0.39, 0.29) is 17.5 Å². The maximum Gasteiger partial charge on any atom is 0.252 e. The van der Waals surface area contributed by atoms with E-state index in [1.165, 1.54) is 0 Å². The van der Waals surface area contributed by atoms with Crippen LogP contribution in [0.15, 0.2) is 64.2 Å². The van der Waals surface area contributed by atoms with Crippen LogP contribution in [0, 0.1) is 18.3 Å². The number of oxazole rings is 1. The number of hydrogen-bond acceptors (Lipinski definition) is 7. The molecule has 0 aliphatic rings. The molecular formula is C28H30N6O2. The molecule has 0 amide bonds. The lowest BCUT2D eigenvalue weighted by Gasteiger charge is -2.10. The molecule has 184 valence electrons. The zero-order valence-corrected chi connectivity index (χ0v) is 21.0. The van der Waals surface area contributed by atoms with Crippen LogP contribution in [0.3, 0.4) is 0 Å². The Labute approximate surface area is 211 Å². The van der Waals surface area contributed by atoms with Gasteiger partial charge in [0.25, 0.3) is 5.88 Å². The third-order valence-corrected chi connectivity index (χ3v) is 5.58. The second-order valence-corrected chi connectivity index (χ2v) is 8.76. The number of hydrogen-bond donors (Lipinski definition) is 1. The van der Waals surface area contributed by atoms with Gasteiger partial charge in [-0.2, -0.15) is 15.5 Å². The van der Waals surface area contributed by atoms with Gasteiger partial charge in [-0.05, 0) is 49.2 Å². The van der Waals surface area contributed by atoms with Crippen molar-refractivity contribution in [1.29, 1.82) is 5.26 Å². The van der Waals surface area contributed by atoms with Gasteiger partial charge in [0.1, 0.15) is 17.5 Å². The Hall–Kier alpha value is -4.38. The summed E-state index contributed by atoms with van der Waals surface area (Å²) in [4.78, 5) is 4.21. The molecule has 0 saturated carbocycles. The predicted molar refractivity (Wildman–Crippen MR) is 141 cm³/mol. The number of nitrogens with zero attached hydrogens (tertiary/aromatic N) is 5. The lowest BCUT2D eigenvalue weighted by molar-refractivity contribution is 0.307. The Kier molecular flexibility index (Phi) is 7.81. The summed E-state index contributed by atoms with van der Waals surface area (Å²) in [6.07, 6.45) is 5.70. The molecule has 2 aromatic heterocycles. The molecule has 8 heteroatoms. The topological polar surface area (TPSA) is 101 Å². The summed E-state index contributed by atoms with van der Waals surface area (Å²) in [6.45, 7) is 8.79. The Morgan fingerprint density at radius 1 is 1.22 bits per heavy atom. The largest absolute Gasteiger partial charge is 0.493 e. The van der Waals surface area contributed by atoms with Crippen molar-refractivity contribution in [2.24, 2.45) is 5.10 Å². The Bertz CT molecular complexity index is 1380. The Balaban J connectivity index is 1.66. The van der Waals surface area contributed by atoms with Crippen LogP contribution in [0.4, 0.5) is 5.88 Å². The van der Waals surface area contributed by atoms with Crippen LogP contribution in [0.25, 0.3) is 16.9 Å². The average Bonchev–Trinajstić information content (AvgIpc) is 3.50. The summed E-state index contributed by atoms with van der Waals surface area (Å²) in [5.41, 5.74) is 7.50. The molecule has 0 aliphatic heterocycles. The fourth-order valence-electron chi connectivity index (χ4n) is 3.60. The third-order valence-electron chi connectivity index (χ3n) is 5.58. The molecule has 0 bridgehead atoms. The summed E-state index contributed by atoms with van der Waals surface area (Å²) in [6, 6.07) is 18.0. The number of aryl methyl sites for hydroxylation is 1. The molecule has 4 aromatic rings. The van der Waals surface area contributed by atoms with Gasteiger partial charge in [-0.25, -0.2) is 15.1 Å². The first-order chi connectivity index (χ1) is 17.5. The molecule has 0 fully saturated rings. The number of benzene rings is 2. The third kappa shape index (κ3) is 5.63. The summed E-state index contributed by atoms with van der Waals surface area (Å²) < 4.78 is 13.4. The van der Waals surface area contributed by atoms with Gasteiger partial charge < -0.3 is 9.15 Å². The number of rotatable bonds is 10. The van der Waals surface area contributed by atoms with Gasteiger partial charge >= 0.3 is 0 Å². The summed E-state index contributed by atoms with van der Waals surface area (Å²) in [7, 11) is 0. The molecule has 4 rings (SSSR count). The predicted octanol–water partition coefficient (Wildman–Crippen LogP) is 6.46. The highest BCUT2D eigenvalue weighted by Gasteiger charge is 2.16. The summed E-state index contributed by atoms with van der Waals surface area (Å²) in [5.74, 6) is 1.64. The van der Waals surface area contributed by atoms with E-state index in [9.17, 15) is 5.26 Å². The van der Waals surface area contributed by atoms with Crippen LogP contribution in [0.2, 0.25) is 0 Å². The molecule has 0 radical (unpaired) electrons. The highest BCUT2D eigenvalue weighted by Crippen LogP contribution is 2.28. The quantitative estimate of drug-likeness (QED) is 0.158. The Morgan fingerprint density at radius 3 is 2.72 bits per heavy atom. The first kappa shape index (κ1) is 24.7. The molecule has 8 nitrogen and oxygen atoms in total. The van der Waals surface area contributed by atoms with Crippen molar-refractivity contribution in [3.63, 3.8) is 0 Å². The van der Waals surface area contributed by atoms with E-state index in [0.717, 1.165) is 46.7 Å². The highest BCUT2D eigenvalue weighted by molar-refractivity contribution is 5.89. The van der Waals surface area contributed by atoms with Gasteiger partial charge in [0, 0.05) is 23.2 Å². The van der Waals surface area contributed by atoms with Crippen LogP contribution >= 0.6 is 0 Å². The minimum atomic E-state index is 0.0597. The minimum absolute atomic E-state index is 0.0597. The molecule has 0 aliphatic carbocycles. The van der Waals surface area contributed by atoms with E-state index < -0.39 is 0 Å². The van der Waals surface area contributed by atoms with E-state index in [0.29, 0.717) is 12.5 Å². The van der Waals surface area contributed by atoms with Crippen molar-refractivity contribution in [2.45, 2.75) is 46.5 Å². The minimum Gasteiger partial charge on any atom is -0.493 e. The molecule has 2 heterocycles. The number of nitriles is 1. The fourth-order valence-corrected chi connectivity index (χ4v) is 3.60. The van der Waals surface area contributed by atoms with Gasteiger partial charge in [0.05, 0.1) is 18.5 Å². The molecule has 2 aromatic carbocycles. The van der Waals surface area contributed by atoms with E-state index in [2.05, 4.69) is 28.5 Å². The Morgan fingerprint density at radius 2 is 2.03 bits per heavy atom. The number of anilines is 1. The normalized spacial score (nSPS) is 11.2. The van der Waals surface area contributed by atoms with Crippen LogP contribution in [-0.4, -0.2) is 27.6 Å². The van der Waals surface area contributed by atoms with Crippen LogP contribution < -0.4 is 10.2 Å². The molecule has 36 heavy (non-hydrogen) atoms. The lowest BCUT2D eigenvalue weighted by Crippen LogP contribution is -1.98. The molecule has 0 spiro atoms. The monoisotopic (exact) mass is 482 g/mol. The highest BCUT2D eigenvalue weighted by atomic mass is 16.5. The van der Waals surface area contributed by atoms with Crippen LogP contribution in [-0.2, 0) is 0 Å². The SMILES string of the molecule is CCCCOc1ccc(-c2nn(-c3ccccc3)cc2C=NNc2oc(C(C)C)nc2C#N)cc1C. The van der Waals surface area contributed by atoms with Crippen molar-refractivity contribution >= 4 is 12.1 Å². The molecule has 1 N–H and O–H groups in total. The van der Waals surface area contributed by atoms with E-state index >= 15 is 0 Å². The first-order valence-corrected chi connectivity index (χ1v) is 12.1. The first-order valence-electron chi connectivity index (χ1n) is 12.1. The van der Waals surface area contributed by atoms with Crippen molar-refractivity contribution in [3.05, 3.63) is 77.4 Å². The zero-order chi connectivity index (χ0) is 25.5. The maximum atomic E-state index is 9.38. The smallest absolute Gasteiger partial charge is 0.252 e. The van der Waals surface area contributed by atoms with Crippen LogP contribution in [0.5, 0.6) is 5.75 Å². The number of para-hydroxylation sites is 1. The van der Waals surface area contributed by atoms with E-state index in [4.69, 9.17) is 14.3 Å². The number of hydrazone groups is 1. The molecule has 0 saturated heterocycles. The zero-order valence-electron chi connectivity index (χ0n) is 21.0. The van der Waals surface area contributed by atoms with Crippen LogP contribution in [0.1, 0.15) is 62.2 Å². The van der Waals surface area contributed by atoms with Gasteiger partial charge in [-0.15, -0.1) is 0 Å². The van der Waals surface area contributed by atoms with E-state index in [1.807, 2.05) is 80.2 Å². The van der Waals surface area contributed by atoms with Crippen molar-refractivity contribution < 1.29 is 9.15 Å². The standard InChI is InChI=1S/C28H30N6O2/c1-5-6-14-35-25-13-12-21(15-20(25)4)26-22(18-34(33-26)23-10-8-7-9-11-23)17-30-32-28-24(16-29)31-27(36-28)19(2)3/h7-13,15,17-19,32H,5-6,14H2,1-4H3. The molecule has 0 atom stereocenters. The number of ether oxygens (including phenoxy) is 1. The van der Waals surface area contributed by atoms with E-state index in [1.54, 1.807) is 6.21 Å². The van der Waals surface area contributed by atoms with Gasteiger partial charge in [0.2, 0.25) is 11.6 Å². The summed E-state index contributed by atoms with van der Waals surface area (Å²) >= 11 is 0. The fraction of sp³-hybridized carbons (Fsp3) is 0.286. The van der Waals surface area contributed by atoms with Crippen molar-refractivity contribution in [1.82, 2.24) is 14.8 Å². The summed E-state index contributed by atoms with van der Waals surface area (Å²) in [5, 5.41) is 18.6. The molecular weight excluding hydrogens is 452 g/mol. The van der Waals surface area contributed by atoms with Gasteiger partial charge in [-0.1, -0.05) is 45.4 Å². The second kappa shape index (κ2) is 11.4. The number of unbranched alkanes of at least 4 members (excludes halogenated alkanes) is 1. The number of aromatic nitrogens is 3. The van der Waals surface area contributed by atoms with Crippen molar-refractivity contribution in [3.8, 4) is 28.8 Å². The maximum absolute atomic E-state index is 9.38. The van der Waals surface area contributed by atoms with Gasteiger partial charge in [0.15, 0.2) is 0 Å². The second-order valence-electron chi connectivity index (χ2n) is 8.76.